The van der Waals surface area contributed by atoms with Crippen molar-refractivity contribution in [3.63, 3.8) is 0 Å². The van der Waals surface area contributed by atoms with Crippen LogP contribution in [0.3, 0.4) is 0 Å². The first-order valence-corrected chi connectivity index (χ1v) is 9.13. The Bertz CT molecular complexity index is 762. The fourth-order valence-electron chi connectivity index (χ4n) is 2.87. The largest absolute Gasteiger partial charge is 0.368 e. The molecule has 27 heavy (non-hydrogen) atoms. The van der Waals surface area contributed by atoms with Crippen molar-refractivity contribution in [2.24, 2.45) is 0 Å². The van der Waals surface area contributed by atoms with Crippen molar-refractivity contribution in [1.29, 1.82) is 0 Å². The molecule has 1 saturated heterocycles. The van der Waals surface area contributed by atoms with E-state index in [9.17, 15) is 9.59 Å². The first-order chi connectivity index (χ1) is 13.2. The van der Waals surface area contributed by atoms with Crippen LogP contribution >= 0.6 is 0 Å². The number of benzene rings is 1. The summed E-state index contributed by atoms with van der Waals surface area (Å²) in [5.74, 6) is 1.16. The smallest absolute Gasteiger partial charge is 0.251 e. The molecule has 0 saturated carbocycles. The summed E-state index contributed by atoms with van der Waals surface area (Å²) in [5, 5.41) is 8.53. The maximum atomic E-state index is 11.9. The van der Waals surface area contributed by atoms with E-state index < -0.39 is 0 Å². The molecule has 1 aromatic heterocycles. The molecule has 0 unspecified atom stereocenters. The fraction of sp³-hybridized carbons (Fsp3) is 0.368. The quantitative estimate of drug-likeness (QED) is 0.602. The number of hydrogen-bond acceptors (Lipinski definition) is 6. The second-order valence-corrected chi connectivity index (χ2v) is 6.28. The van der Waals surface area contributed by atoms with Crippen LogP contribution in [0.25, 0.3) is 0 Å². The fourth-order valence-corrected chi connectivity index (χ4v) is 2.87. The van der Waals surface area contributed by atoms with Crippen LogP contribution in [0, 0.1) is 0 Å². The van der Waals surface area contributed by atoms with E-state index in [-0.39, 0.29) is 18.4 Å². The Kier molecular flexibility index (Phi) is 6.56. The lowest BCUT2D eigenvalue weighted by Gasteiger charge is -2.16. The summed E-state index contributed by atoms with van der Waals surface area (Å²) in [5.41, 5.74) is 0.532. The van der Waals surface area contributed by atoms with Gasteiger partial charge in [-0.25, -0.2) is 9.97 Å². The lowest BCUT2D eigenvalue weighted by Crippen LogP contribution is -2.38. The van der Waals surface area contributed by atoms with Gasteiger partial charge in [0.05, 0.1) is 6.54 Å². The van der Waals surface area contributed by atoms with Crippen molar-refractivity contribution in [3.05, 3.63) is 48.3 Å². The zero-order chi connectivity index (χ0) is 18.9. The summed E-state index contributed by atoms with van der Waals surface area (Å²) in [6.45, 7) is 2.97. The number of carbonyl (C=O) groups is 2. The number of hydrogen-bond donors (Lipinski definition) is 3. The van der Waals surface area contributed by atoms with Crippen molar-refractivity contribution < 1.29 is 9.59 Å². The monoisotopic (exact) mass is 368 g/mol. The standard InChI is InChI=1S/C19H24N6O2/c26-18(13-22-19(27)15-6-2-1-3-7-15)21-9-8-20-16-12-17(24-14-23-16)25-10-4-5-11-25/h1-3,6-7,12,14H,4-5,8-11,13H2,(H,21,26)(H,22,27)(H,20,23,24). The molecule has 0 radical (unpaired) electrons. The molecule has 3 rings (SSSR count). The molecule has 2 aromatic rings. The van der Waals surface area contributed by atoms with Crippen LogP contribution in [0.1, 0.15) is 23.2 Å². The number of anilines is 2. The molecule has 142 valence electrons. The summed E-state index contributed by atoms with van der Waals surface area (Å²) in [6.07, 6.45) is 3.94. The van der Waals surface area contributed by atoms with Crippen LogP contribution in [0.4, 0.5) is 11.6 Å². The Morgan fingerprint density at radius 1 is 1.00 bits per heavy atom. The topological polar surface area (TPSA) is 99.2 Å². The predicted molar refractivity (Wildman–Crippen MR) is 104 cm³/mol. The highest BCUT2D eigenvalue weighted by molar-refractivity contribution is 5.96. The predicted octanol–water partition coefficient (Wildman–Crippen LogP) is 1.03. The molecule has 1 aliphatic heterocycles. The summed E-state index contributed by atoms with van der Waals surface area (Å²) >= 11 is 0. The van der Waals surface area contributed by atoms with Crippen molar-refractivity contribution in [3.8, 4) is 0 Å². The van der Waals surface area contributed by atoms with Gasteiger partial charge >= 0.3 is 0 Å². The van der Waals surface area contributed by atoms with Crippen molar-refractivity contribution >= 4 is 23.5 Å². The second kappa shape index (κ2) is 9.51. The maximum absolute atomic E-state index is 11.9. The normalized spacial score (nSPS) is 13.3. The summed E-state index contributed by atoms with van der Waals surface area (Å²) in [6, 6.07) is 10.7. The van der Waals surface area contributed by atoms with Crippen LogP contribution in [0.2, 0.25) is 0 Å². The van der Waals surface area contributed by atoms with Crippen molar-refractivity contribution in [2.75, 3.05) is 42.9 Å². The van der Waals surface area contributed by atoms with Gasteiger partial charge in [0.25, 0.3) is 5.91 Å². The van der Waals surface area contributed by atoms with Gasteiger partial charge in [0.1, 0.15) is 18.0 Å². The highest BCUT2D eigenvalue weighted by Crippen LogP contribution is 2.18. The zero-order valence-electron chi connectivity index (χ0n) is 15.1. The van der Waals surface area contributed by atoms with E-state index in [0.29, 0.717) is 18.7 Å². The van der Waals surface area contributed by atoms with E-state index in [4.69, 9.17) is 0 Å². The van der Waals surface area contributed by atoms with E-state index in [1.165, 1.54) is 12.8 Å². The van der Waals surface area contributed by atoms with Crippen LogP contribution in [-0.4, -0.2) is 54.5 Å². The third-order valence-corrected chi connectivity index (χ3v) is 4.28. The van der Waals surface area contributed by atoms with Gasteiger partial charge in [-0.15, -0.1) is 0 Å². The van der Waals surface area contributed by atoms with Gasteiger partial charge in [-0.3, -0.25) is 9.59 Å². The number of carbonyl (C=O) groups excluding carboxylic acids is 2. The molecule has 1 aromatic carbocycles. The average molecular weight is 368 g/mol. The van der Waals surface area contributed by atoms with Crippen LogP contribution in [-0.2, 0) is 4.79 Å². The molecule has 0 atom stereocenters. The Hall–Kier alpha value is -3.16. The maximum Gasteiger partial charge on any atom is 0.251 e. The van der Waals surface area contributed by atoms with Gasteiger partial charge in [0, 0.05) is 37.8 Å². The van der Waals surface area contributed by atoms with Gasteiger partial charge in [-0.05, 0) is 25.0 Å². The second-order valence-electron chi connectivity index (χ2n) is 6.28. The Morgan fingerprint density at radius 3 is 2.56 bits per heavy atom. The third-order valence-electron chi connectivity index (χ3n) is 4.28. The zero-order valence-corrected chi connectivity index (χ0v) is 15.1. The minimum Gasteiger partial charge on any atom is -0.368 e. The molecular formula is C19H24N6O2. The molecule has 0 spiro atoms. The van der Waals surface area contributed by atoms with E-state index >= 15 is 0 Å². The average Bonchev–Trinajstić information content (AvgIpc) is 3.25. The number of aromatic nitrogens is 2. The highest BCUT2D eigenvalue weighted by Gasteiger charge is 2.14. The molecule has 8 heteroatoms. The molecule has 2 amide bonds. The van der Waals surface area contributed by atoms with Gasteiger partial charge in [-0.1, -0.05) is 18.2 Å². The number of nitrogens with one attached hydrogen (secondary N) is 3. The van der Waals surface area contributed by atoms with E-state index in [2.05, 4.69) is 30.8 Å². The number of nitrogens with zero attached hydrogens (tertiary/aromatic N) is 3. The molecule has 1 aliphatic rings. The highest BCUT2D eigenvalue weighted by atomic mass is 16.2. The summed E-state index contributed by atoms with van der Waals surface area (Å²) in [4.78, 5) is 34.5. The molecule has 0 bridgehead atoms. The number of amides is 2. The van der Waals surface area contributed by atoms with Gasteiger partial charge < -0.3 is 20.9 Å². The Balaban J connectivity index is 1.34. The lowest BCUT2D eigenvalue weighted by atomic mass is 10.2. The van der Waals surface area contributed by atoms with Crippen molar-refractivity contribution in [1.82, 2.24) is 20.6 Å². The van der Waals surface area contributed by atoms with Gasteiger partial charge in [0.15, 0.2) is 0 Å². The molecule has 0 aliphatic carbocycles. The first kappa shape index (κ1) is 18.6. The van der Waals surface area contributed by atoms with Gasteiger partial charge in [0.2, 0.25) is 5.91 Å². The molecular weight excluding hydrogens is 344 g/mol. The van der Waals surface area contributed by atoms with Crippen LogP contribution in [0.15, 0.2) is 42.7 Å². The third kappa shape index (κ3) is 5.67. The van der Waals surface area contributed by atoms with E-state index in [1.807, 2.05) is 12.1 Å². The van der Waals surface area contributed by atoms with Crippen molar-refractivity contribution in [2.45, 2.75) is 12.8 Å². The van der Waals surface area contributed by atoms with E-state index in [0.717, 1.165) is 24.7 Å². The minimum atomic E-state index is -0.265. The first-order valence-electron chi connectivity index (χ1n) is 9.13. The molecule has 8 nitrogen and oxygen atoms in total. The number of rotatable bonds is 8. The van der Waals surface area contributed by atoms with E-state index in [1.54, 1.807) is 30.6 Å². The van der Waals surface area contributed by atoms with Crippen LogP contribution in [0.5, 0.6) is 0 Å². The van der Waals surface area contributed by atoms with Crippen LogP contribution < -0.4 is 20.9 Å². The summed E-state index contributed by atoms with van der Waals surface area (Å²) in [7, 11) is 0. The molecule has 1 fully saturated rings. The lowest BCUT2D eigenvalue weighted by molar-refractivity contribution is -0.120. The Morgan fingerprint density at radius 2 is 1.78 bits per heavy atom. The van der Waals surface area contributed by atoms with Gasteiger partial charge in [-0.2, -0.15) is 0 Å². The Labute approximate surface area is 158 Å². The SMILES string of the molecule is O=C(CNC(=O)c1ccccc1)NCCNc1cc(N2CCCC2)ncn1. The molecule has 3 N–H and O–H groups in total. The molecule has 2 heterocycles. The summed E-state index contributed by atoms with van der Waals surface area (Å²) < 4.78 is 0. The minimum absolute atomic E-state index is 0.0552.